The van der Waals surface area contributed by atoms with Gasteiger partial charge in [0.25, 0.3) is 5.91 Å². The van der Waals surface area contributed by atoms with Gasteiger partial charge < -0.3 is 10.0 Å². The van der Waals surface area contributed by atoms with Crippen LogP contribution in [0.15, 0.2) is 18.2 Å². The number of aliphatic carboxylic acids is 1. The van der Waals surface area contributed by atoms with Crippen LogP contribution in [0.5, 0.6) is 0 Å². The van der Waals surface area contributed by atoms with Gasteiger partial charge in [-0.3, -0.25) is 9.59 Å². The number of nitrogens with zero attached hydrogens (tertiary/aromatic N) is 1. The maximum atomic E-state index is 12.5. The molecule has 0 aliphatic carbocycles. The summed E-state index contributed by atoms with van der Waals surface area (Å²) in [6.45, 7) is 3.30. The molecule has 1 aliphatic heterocycles. The van der Waals surface area contributed by atoms with E-state index in [-0.39, 0.29) is 12.3 Å². The first-order valence-corrected chi connectivity index (χ1v) is 7.62. The van der Waals surface area contributed by atoms with Crippen molar-refractivity contribution in [3.05, 3.63) is 34.3 Å². The second-order valence-electron chi connectivity index (χ2n) is 5.69. The predicted molar refractivity (Wildman–Crippen MR) is 81.7 cm³/mol. The van der Waals surface area contributed by atoms with Gasteiger partial charge in [0.2, 0.25) is 0 Å². The Bertz CT molecular complexity index is 516. The largest absolute Gasteiger partial charge is 0.481 e. The highest BCUT2D eigenvalue weighted by molar-refractivity contribution is 6.31. The third-order valence-corrected chi connectivity index (χ3v) is 4.18. The molecule has 1 aliphatic rings. The molecule has 1 heterocycles. The van der Waals surface area contributed by atoms with E-state index in [9.17, 15) is 9.59 Å². The Morgan fingerprint density at radius 3 is 2.52 bits per heavy atom. The van der Waals surface area contributed by atoms with Crippen LogP contribution in [-0.2, 0) is 4.79 Å². The Balaban J connectivity index is 1.92. The van der Waals surface area contributed by atoms with Crippen LogP contribution in [0.4, 0.5) is 0 Å². The fourth-order valence-electron chi connectivity index (χ4n) is 2.79. The topological polar surface area (TPSA) is 57.6 Å². The van der Waals surface area contributed by atoms with Gasteiger partial charge in [-0.05, 0) is 55.9 Å². The number of likely N-dealkylation sites (tertiary alicyclic amines) is 1. The van der Waals surface area contributed by atoms with Crippen molar-refractivity contribution in [2.75, 3.05) is 13.1 Å². The zero-order valence-electron chi connectivity index (χ0n) is 12.1. The number of halogens is 1. The Kier molecular flexibility index (Phi) is 5.23. The van der Waals surface area contributed by atoms with Crippen molar-refractivity contribution in [1.29, 1.82) is 0 Å². The van der Waals surface area contributed by atoms with E-state index in [4.69, 9.17) is 16.7 Å². The first kappa shape index (κ1) is 15.8. The van der Waals surface area contributed by atoms with Crippen LogP contribution in [-0.4, -0.2) is 35.0 Å². The van der Waals surface area contributed by atoms with Crippen molar-refractivity contribution < 1.29 is 14.7 Å². The fraction of sp³-hybridized carbons (Fsp3) is 0.500. The zero-order chi connectivity index (χ0) is 15.4. The van der Waals surface area contributed by atoms with Gasteiger partial charge in [-0.1, -0.05) is 11.6 Å². The second-order valence-corrected chi connectivity index (χ2v) is 6.12. The Morgan fingerprint density at radius 2 is 1.95 bits per heavy atom. The number of hydrogen-bond donors (Lipinski definition) is 1. The van der Waals surface area contributed by atoms with E-state index in [1.165, 1.54) is 0 Å². The van der Waals surface area contributed by atoms with E-state index in [0.29, 0.717) is 36.0 Å². The number of piperidine rings is 1. The highest BCUT2D eigenvalue weighted by Gasteiger charge is 2.24. The number of benzene rings is 1. The molecule has 1 aromatic carbocycles. The first-order chi connectivity index (χ1) is 9.95. The molecule has 0 atom stereocenters. The average Bonchev–Trinajstić information content (AvgIpc) is 2.44. The number of carbonyl (C=O) groups is 2. The third-order valence-electron chi connectivity index (χ3n) is 3.96. The molecule has 1 saturated heterocycles. The quantitative estimate of drug-likeness (QED) is 0.927. The van der Waals surface area contributed by atoms with Gasteiger partial charge >= 0.3 is 5.97 Å². The summed E-state index contributed by atoms with van der Waals surface area (Å²) in [6.07, 6.45) is 2.66. The summed E-state index contributed by atoms with van der Waals surface area (Å²) >= 11 is 6.00. The highest BCUT2D eigenvalue weighted by atomic mass is 35.5. The van der Waals surface area contributed by atoms with E-state index in [0.717, 1.165) is 18.4 Å². The van der Waals surface area contributed by atoms with Crippen LogP contribution in [0.2, 0.25) is 5.02 Å². The van der Waals surface area contributed by atoms with Gasteiger partial charge in [0.05, 0.1) is 0 Å². The Morgan fingerprint density at radius 1 is 1.29 bits per heavy atom. The van der Waals surface area contributed by atoms with Crippen molar-refractivity contribution in [2.24, 2.45) is 5.92 Å². The molecule has 4 nitrogen and oxygen atoms in total. The molecule has 5 heteroatoms. The van der Waals surface area contributed by atoms with Gasteiger partial charge in [-0.25, -0.2) is 0 Å². The van der Waals surface area contributed by atoms with E-state index in [1.807, 2.05) is 24.0 Å². The van der Waals surface area contributed by atoms with Crippen molar-refractivity contribution >= 4 is 23.5 Å². The van der Waals surface area contributed by atoms with Gasteiger partial charge in [0.1, 0.15) is 0 Å². The van der Waals surface area contributed by atoms with E-state index in [1.54, 1.807) is 6.07 Å². The molecule has 1 amide bonds. The average molecular weight is 310 g/mol. The lowest BCUT2D eigenvalue weighted by atomic mass is 9.92. The number of rotatable bonds is 4. The summed E-state index contributed by atoms with van der Waals surface area (Å²) in [7, 11) is 0. The number of carboxylic acid groups (broad SMARTS) is 1. The molecule has 0 bridgehead atoms. The van der Waals surface area contributed by atoms with Crippen molar-refractivity contribution in [3.63, 3.8) is 0 Å². The van der Waals surface area contributed by atoms with Crippen molar-refractivity contribution in [1.82, 2.24) is 4.90 Å². The molecule has 1 N–H and O–H groups in total. The molecular formula is C16H20ClNO3. The fourth-order valence-corrected chi connectivity index (χ4v) is 3.08. The summed E-state index contributed by atoms with van der Waals surface area (Å²) in [5, 5.41) is 9.29. The number of amides is 1. The summed E-state index contributed by atoms with van der Waals surface area (Å²) in [6, 6.07) is 5.38. The Labute approximate surface area is 129 Å². The molecule has 21 heavy (non-hydrogen) atoms. The van der Waals surface area contributed by atoms with Crippen molar-refractivity contribution in [2.45, 2.75) is 32.6 Å². The van der Waals surface area contributed by atoms with Crippen LogP contribution in [0.1, 0.15) is 41.6 Å². The van der Waals surface area contributed by atoms with Crippen molar-refractivity contribution in [3.8, 4) is 0 Å². The molecule has 1 aromatic rings. The van der Waals surface area contributed by atoms with Crippen LogP contribution >= 0.6 is 11.6 Å². The summed E-state index contributed by atoms with van der Waals surface area (Å²) in [4.78, 5) is 24.9. The molecule has 1 fully saturated rings. The monoisotopic (exact) mass is 309 g/mol. The third kappa shape index (κ3) is 4.46. The molecule has 0 unspecified atom stereocenters. The van der Waals surface area contributed by atoms with Gasteiger partial charge in [0.15, 0.2) is 0 Å². The standard InChI is InChI=1S/C16H20ClNO3/c1-11-8-13(10-14(17)9-11)16(21)18-6-4-12(5-7-18)2-3-15(19)20/h8-10,12H,2-7H2,1H3,(H,19,20). The van der Waals surface area contributed by atoms with Crippen LogP contribution in [0.3, 0.4) is 0 Å². The van der Waals surface area contributed by atoms with Gasteiger partial charge in [0, 0.05) is 30.1 Å². The SMILES string of the molecule is Cc1cc(Cl)cc(C(=O)N2CCC(CCC(=O)O)CC2)c1. The predicted octanol–water partition coefficient (Wildman–Crippen LogP) is 3.37. The maximum Gasteiger partial charge on any atom is 0.303 e. The minimum absolute atomic E-state index is 0.0114. The lowest BCUT2D eigenvalue weighted by Crippen LogP contribution is -2.38. The van der Waals surface area contributed by atoms with Crippen LogP contribution < -0.4 is 0 Å². The number of hydrogen-bond acceptors (Lipinski definition) is 2. The normalized spacial score (nSPS) is 16.0. The van der Waals surface area contributed by atoms with Gasteiger partial charge in [-0.15, -0.1) is 0 Å². The molecule has 2 rings (SSSR count). The van der Waals surface area contributed by atoms with Crippen LogP contribution in [0.25, 0.3) is 0 Å². The minimum atomic E-state index is -0.747. The number of aryl methyl sites for hydroxylation is 1. The minimum Gasteiger partial charge on any atom is -0.481 e. The Hall–Kier alpha value is -1.55. The zero-order valence-corrected chi connectivity index (χ0v) is 12.9. The van der Waals surface area contributed by atoms with Crippen LogP contribution in [0, 0.1) is 12.8 Å². The molecule has 0 spiro atoms. The summed E-state index contributed by atoms with van der Waals surface area (Å²) in [5.74, 6) is -0.327. The molecule has 0 aromatic heterocycles. The first-order valence-electron chi connectivity index (χ1n) is 7.24. The molecule has 0 saturated carbocycles. The molecule has 114 valence electrons. The van der Waals surface area contributed by atoms with Gasteiger partial charge in [-0.2, -0.15) is 0 Å². The summed E-state index contributed by atoms with van der Waals surface area (Å²) < 4.78 is 0. The second kappa shape index (κ2) is 6.94. The number of carbonyl (C=O) groups excluding carboxylic acids is 1. The lowest BCUT2D eigenvalue weighted by Gasteiger charge is -2.32. The van der Waals surface area contributed by atoms with E-state index in [2.05, 4.69) is 0 Å². The maximum absolute atomic E-state index is 12.5. The number of carboxylic acids is 1. The summed E-state index contributed by atoms with van der Waals surface area (Å²) in [5.41, 5.74) is 1.60. The lowest BCUT2D eigenvalue weighted by molar-refractivity contribution is -0.137. The smallest absolute Gasteiger partial charge is 0.303 e. The van der Waals surface area contributed by atoms with E-state index >= 15 is 0 Å². The highest BCUT2D eigenvalue weighted by Crippen LogP contribution is 2.24. The molecular weight excluding hydrogens is 290 g/mol. The van der Waals surface area contributed by atoms with E-state index < -0.39 is 5.97 Å². The molecule has 0 radical (unpaired) electrons.